The Labute approximate surface area is 142 Å². The first-order valence-corrected chi connectivity index (χ1v) is 9.11. The normalized spacial score (nSPS) is 19.8. The van der Waals surface area contributed by atoms with Crippen LogP contribution in [0.1, 0.15) is 18.9 Å². The molecule has 0 aliphatic heterocycles. The maximum Gasteiger partial charge on any atom is 0.309 e. The molecule has 1 N–H and O–H groups in total. The molecule has 1 aromatic carbocycles. The predicted octanol–water partition coefficient (Wildman–Crippen LogP) is 0.752. The molecule has 2 unspecified atom stereocenters. The highest BCUT2D eigenvalue weighted by Crippen LogP contribution is 2.38. The van der Waals surface area contributed by atoms with Gasteiger partial charge >= 0.3 is 5.97 Å². The number of benzene rings is 1. The van der Waals surface area contributed by atoms with E-state index >= 15 is 0 Å². The van der Waals surface area contributed by atoms with Crippen LogP contribution in [0.4, 0.5) is 0 Å². The first-order chi connectivity index (χ1) is 11.2. The zero-order chi connectivity index (χ0) is 17.9. The molecule has 1 saturated carbocycles. The van der Waals surface area contributed by atoms with E-state index in [2.05, 4.69) is 5.32 Å². The Morgan fingerprint density at radius 3 is 2.50 bits per heavy atom. The highest BCUT2D eigenvalue weighted by molar-refractivity contribution is 7.89. The van der Waals surface area contributed by atoms with Gasteiger partial charge in [-0.25, -0.2) is 12.7 Å². The molecule has 1 aliphatic carbocycles. The molecule has 24 heavy (non-hydrogen) atoms. The Morgan fingerprint density at radius 1 is 1.29 bits per heavy atom. The molecule has 2 rings (SSSR count). The van der Waals surface area contributed by atoms with E-state index in [0.29, 0.717) is 11.5 Å². The number of hydrogen-bond donors (Lipinski definition) is 1. The van der Waals surface area contributed by atoms with Crippen LogP contribution in [-0.4, -0.2) is 45.3 Å². The van der Waals surface area contributed by atoms with Crippen molar-refractivity contribution in [2.24, 2.45) is 11.8 Å². The Morgan fingerprint density at radius 2 is 1.92 bits per heavy atom. The van der Waals surface area contributed by atoms with Crippen LogP contribution in [0, 0.1) is 11.8 Å². The number of rotatable bonds is 7. The summed E-state index contributed by atoms with van der Waals surface area (Å²) >= 11 is 0. The Hall–Kier alpha value is -1.93. The summed E-state index contributed by atoms with van der Waals surface area (Å²) in [6.07, 6.45) is 0.802. The van der Waals surface area contributed by atoms with Gasteiger partial charge in [-0.2, -0.15) is 0 Å². The molecule has 132 valence electrons. The van der Waals surface area contributed by atoms with Gasteiger partial charge in [0.25, 0.3) is 5.91 Å². The van der Waals surface area contributed by atoms with Crippen LogP contribution in [0.5, 0.6) is 0 Å². The molecule has 0 radical (unpaired) electrons. The van der Waals surface area contributed by atoms with E-state index in [1.807, 2.05) is 6.92 Å². The predicted molar refractivity (Wildman–Crippen MR) is 87.4 cm³/mol. The fourth-order valence-electron chi connectivity index (χ4n) is 2.24. The molecule has 0 heterocycles. The third-order valence-corrected chi connectivity index (χ3v) is 5.88. The molecular weight excluding hydrogens is 332 g/mol. The lowest BCUT2D eigenvalue weighted by Crippen LogP contribution is -2.30. The van der Waals surface area contributed by atoms with Gasteiger partial charge in [-0.3, -0.25) is 9.59 Å². The van der Waals surface area contributed by atoms with Crippen molar-refractivity contribution in [3.63, 3.8) is 0 Å². The molecule has 1 fully saturated rings. The van der Waals surface area contributed by atoms with E-state index < -0.39 is 15.9 Å². The molecule has 1 aliphatic rings. The number of esters is 1. The minimum absolute atomic E-state index is 0.0411. The number of carbonyl (C=O) groups excluding carboxylic acids is 2. The van der Waals surface area contributed by atoms with Gasteiger partial charge in [-0.05, 0) is 24.0 Å². The second-order valence-corrected chi connectivity index (χ2v) is 8.22. The van der Waals surface area contributed by atoms with E-state index in [-0.39, 0.29) is 29.9 Å². The molecule has 1 amide bonds. The van der Waals surface area contributed by atoms with Crippen LogP contribution in [0.15, 0.2) is 29.2 Å². The van der Waals surface area contributed by atoms with Crippen LogP contribution in [0.25, 0.3) is 0 Å². The second-order valence-electron chi connectivity index (χ2n) is 6.10. The van der Waals surface area contributed by atoms with Gasteiger partial charge in [0.1, 0.15) is 0 Å². The first-order valence-electron chi connectivity index (χ1n) is 7.67. The maximum absolute atomic E-state index is 12.3. The molecule has 0 saturated heterocycles. The van der Waals surface area contributed by atoms with E-state index in [4.69, 9.17) is 4.74 Å². The van der Waals surface area contributed by atoms with Crippen molar-refractivity contribution < 1.29 is 22.7 Å². The zero-order valence-electron chi connectivity index (χ0n) is 14.0. The van der Waals surface area contributed by atoms with Crippen molar-refractivity contribution in [2.45, 2.75) is 24.8 Å². The zero-order valence-corrected chi connectivity index (χ0v) is 14.8. The molecular formula is C16H22N2O5S. The number of sulfonamides is 1. The summed E-state index contributed by atoms with van der Waals surface area (Å²) in [7, 11) is -0.699. The smallest absolute Gasteiger partial charge is 0.309 e. The minimum atomic E-state index is -3.59. The summed E-state index contributed by atoms with van der Waals surface area (Å²) in [5, 5.41) is 2.58. The van der Waals surface area contributed by atoms with Gasteiger partial charge in [0, 0.05) is 20.6 Å². The van der Waals surface area contributed by atoms with Crippen LogP contribution in [0.2, 0.25) is 0 Å². The van der Waals surface area contributed by atoms with Gasteiger partial charge in [0.2, 0.25) is 10.0 Å². The molecule has 0 bridgehead atoms. The summed E-state index contributed by atoms with van der Waals surface area (Å²) in [6.45, 7) is 1.64. The molecule has 0 spiro atoms. The van der Waals surface area contributed by atoms with Crippen molar-refractivity contribution in [3.8, 4) is 0 Å². The lowest BCUT2D eigenvalue weighted by atomic mass is 10.2. The number of nitrogens with one attached hydrogen (secondary N) is 1. The first kappa shape index (κ1) is 18.4. The number of amides is 1. The maximum atomic E-state index is 12.3. The van der Waals surface area contributed by atoms with E-state index in [1.165, 1.54) is 20.2 Å². The molecule has 1 aromatic rings. The van der Waals surface area contributed by atoms with Crippen LogP contribution in [0.3, 0.4) is 0 Å². The lowest BCUT2D eigenvalue weighted by molar-refractivity contribution is -0.150. The number of hydrogen-bond acceptors (Lipinski definition) is 5. The van der Waals surface area contributed by atoms with Crippen molar-refractivity contribution in [3.05, 3.63) is 29.8 Å². The summed E-state index contributed by atoms with van der Waals surface area (Å²) in [6, 6.07) is 6.45. The van der Waals surface area contributed by atoms with Gasteiger partial charge < -0.3 is 10.1 Å². The largest absolute Gasteiger partial charge is 0.455 e. The quantitative estimate of drug-likeness (QED) is 0.730. The van der Waals surface area contributed by atoms with E-state index in [1.54, 1.807) is 18.2 Å². The van der Waals surface area contributed by atoms with Gasteiger partial charge in [0.05, 0.1) is 10.8 Å². The van der Waals surface area contributed by atoms with E-state index in [0.717, 1.165) is 10.7 Å². The second kappa shape index (κ2) is 7.31. The molecule has 0 aromatic heterocycles. The average Bonchev–Trinajstić information content (AvgIpc) is 3.27. The van der Waals surface area contributed by atoms with Gasteiger partial charge in [0.15, 0.2) is 6.61 Å². The number of nitrogens with zero attached hydrogens (tertiary/aromatic N) is 1. The topological polar surface area (TPSA) is 92.8 Å². The monoisotopic (exact) mass is 354 g/mol. The number of carbonyl (C=O) groups is 2. The minimum Gasteiger partial charge on any atom is -0.455 e. The lowest BCUT2D eigenvalue weighted by Gasteiger charge is -2.15. The fraction of sp³-hybridized carbons (Fsp3) is 0.500. The number of ether oxygens (including phenoxy) is 1. The standard InChI is InChI=1S/C16H22N2O5S/c1-11-8-13(11)16(20)23-10-15(19)17-9-12-6-4-5-7-14(12)24(21,22)18(2)3/h4-7,11,13H,8-10H2,1-3H3,(H,17,19). The van der Waals surface area contributed by atoms with Crippen molar-refractivity contribution in [1.29, 1.82) is 0 Å². The SMILES string of the molecule is CC1CC1C(=O)OCC(=O)NCc1ccccc1S(=O)(=O)N(C)C. The van der Waals surface area contributed by atoms with Crippen molar-refractivity contribution in [1.82, 2.24) is 9.62 Å². The van der Waals surface area contributed by atoms with Crippen LogP contribution in [-0.2, 0) is 30.9 Å². The fourth-order valence-corrected chi connectivity index (χ4v) is 3.35. The van der Waals surface area contributed by atoms with Gasteiger partial charge in [-0.15, -0.1) is 0 Å². The highest BCUT2D eigenvalue weighted by Gasteiger charge is 2.40. The molecule has 2 atom stereocenters. The molecule has 8 heteroatoms. The third kappa shape index (κ3) is 4.33. The molecule has 7 nitrogen and oxygen atoms in total. The Kier molecular flexibility index (Phi) is 5.61. The summed E-state index contributed by atoms with van der Waals surface area (Å²) in [5.74, 6) is -0.589. The Bertz CT molecular complexity index is 730. The van der Waals surface area contributed by atoms with E-state index in [9.17, 15) is 18.0 Å². The highest BCUT2D eigenvalue weighted by atomic mass is 32.2. The summed E-state index contributed by atoms with van der Waals surface area (Å²) < 4.78 is 30.6. The summed E-state index contributed by atoms with van der Waals surface area (Å²) in [4.78, 5) is 23.5. The van der Waals surface area contributed by atoms with Crippen LogP contribution >= 0.6 is 0 Å². The average molecular weight is 354 g/mol. The van der Waals surface area contributed by atoms with Gasteiger partial charge in [-0.1, -0.05) is 25.1 Å². The third-order valence-electron chi connectivity index (χ3n) is 3.96. The van der Waals surface area contributed by atoms with Crippen molar-refractivity contribution in [2.75, 3.05) is 20.7 Å². The van der Waals surface area contributed by atoms with Crippen LogP contribution < -0.4 is 5.32 Å². The Balaban J connectivity index is 1.92. The van der Waals surface area contributed by atoms with Crippen molar-refractivity contribution >= 4 is 21.9 Å². The summed E-state index contributed by atoms with van der Waals surface area (Å²) in [5.41, 5.74) is 0.474.